The second-order valence-electron chi connectivity index (χ2n) is 6.47. The van der Waals surface area contributed by atoms with E-state index in [1.807, 2.05) is 11.8 Å². The van der Waals surface area contributed by atoms with Crippen LogP contribution in [0.25, 0.3) is 0 Å². The van der Waals surface area contributed by atoms with Gasteiger partial charge in [-0.2, -0.15) is 0 Å². The zero-order valence-corrected chi connectivity index (χ0v) is 13.0. The van der Waals surface area contributed by atoms with E-state index in [1.165, 1.54) is 55.9 Å². The van der Waals surface area contributed by atoms with Crippen LogP contribution in [0.1, 0.15) is 69.7 Å². The first-order chi connectivity index (χ1) is 9.86. The van der Waals surface area contributed by atoms with Crippen LogP contribution in [0, 0.1) is 0 Å². The maximum absolute atomic E-state index is 4.54. The van der Waals surface area contributed by atoms with Gasteiger partial charge in [-0.1, -0.05) is 25.1 Å². The summed E-state index contributed by atoms with van der Waals surface area (Å²) < 4.78 is 2.49. The molecule has 4 rings (SSSR count). The number of nitrogens with one attached hydrogen (secondary N) is 1. The van der Waals surface area contributed by atoms with Crippen molar-refractivity contribution < 1.29 is 0 Å². The fourth-order valence-electron chi connectivity index (χ4n) is 3.36. The monoisotopic (exact) mass is 292 g/mol. The van der Waals surface area contributed by atoms with Crippen molar-refractivity contribution in [2.75, 3.05) is 6.54 Å². The first kappa shape index (κ1) is 13.1. The molecule has 3 aliphatic rings. The lowest BCUT2D eigenvalue weighted by molar-refractivity contribution is 0.548. The van der Waals surface area contributed by atoms with Gasteiger partial charge in [-0.05, 0) is 45.1 Å². The molecule has 0 spiro atoms. The lowest BCUT2D eigenvalue weighted by Crippen LogP contribution is -2.33. The van der Waals surface area contributed by atoms with Gasteiger partial charge >= 0.3 is 0 Å². The SMILES string of the molecule is CCNC1CCCC1Sc1nnc(C2CC2)n1C1CC1. The highest BCUT2D eigenvalue weighted by Crippen LogP contribution is 2.47. The average Bonchev–Trinajstić information content (AvgIpc) is 3.37. The summed E-state index contributed by atoms with van der Waals surface area (Å²) in [6.45, 7) is 3.28. The zero-order chi connectivity index (χ0) is 13.5. The quantitative estimate of drug-likeness (QED) is 0.875. The van der Waals surface area contributed by atoms with Crippen LogP contribution in [-0.4, -0.2) is 32.6 Å². The minimum absolute atomic E-state index is 0.665. The second kappa shape index (κ2) is 5.34. The van der Waals surface area contributed by atoms with Crippen LogP contribution >= 0.6 is 11.8 Å². The molecule has 2 atom stereocenters. The summed E-state index contributed by atoms with van der Waals surface area (Å²) in [5.74, 6) is 2.00. The third kappa shape index (κ3) is 2.50. The molecule has 2 unspecified atom stereocenters. The average molecular weight is 292 g/mol. The summed E-state index contributed by atoms with van der Waals surface area (Å²) >= 11 is 1.99. The molecule has 1 N–H and O–H groups in total. The normalized spacial score (nSPS) is 30.1. The van der Waals surface area contributed by atoms with E-state index in [0.717, 1.165) is 6.54 Å². The molecule has 1 heterocycles. The van der Waals surface area contributed by atoms with E-state index in [-0.39, 0.29) is 0 Å². The molecule has 3 aliphatic carbocycles. The number of rotatable bonds is 6. The third-order valence-electron chi connectivity index (χ3n) is 4.72. The number of hydrogen-bond donors (Lipinski definition) is 1. The molecule has 5 heteroatoms. The third-order valence-corrected chi connectivity index (χ3v) is 6.08. The van der Waals surface area contributed by atoms with E-state index >= 15 is 0 Å². The maximum Gasteiger partial charge on any atom is 0.191 e. The highest BCUT2D eigenvalue weighted by Gasteiger charge is 2.38. The van der Waals surface area contributed by atoms with Crippen LogP contribution in [0.2, 0.25) is 0 Å². The highest BCUT2D eigenvalue weighted by atomic mass is 32.2. The summed E-state index contributed by atoms with van der Waals surface area (Å²) in [4.78, 5) is 0. The molecule has 1 aromatic rings. The van der Waals surface area contributed by atoms with Gasteiger partial charge < -0.3 is 9.88 Å². The van der Waals surface area contributed by atoms with Crippen LogP contribution in [0.15, 0.2) is 5.16 Å². The molecule has 1 aromatic heterocycles. The van der Waals surface area contributed by atoms with Gasteiger partial charge in [-0.15, -0.1) is 10.2 Å². The fourth-order valence-corrected chi connectivity index (χ4v) is 4.76. The van der Waals surface area contributed by atoms with Crippen molar-refractivity contribution in [1.29, 1.82) is 0 Å². The molecular weight excluding hydrogens is 268 g/mol. The van der Waals surface area contributed by atoms with Gasteiger partial charge in [-0.3, -0.25) is 0 Å². The van der Waals surface area contributed by atoms with Crippen LogP contribution in [0.5, 0.6) is 0 Å². The standard InChI is InChI=1S/C15H24N4S/c1-2-16-12-4-3-5-13(12)20-15-18-17-14(10-6-7-10)19(15)11-8-9-11/h10-13,16H,2-9H2,1H3. The first-order valence-electron chi connectivity index (χ1n) is 8.21. The Morgan fingerprint density at radius 3 is 2.70 bits per heavy atom. The van der Waals surface area contributed by atoms with Gasteiger partial charge in [0.05, 0.1) is 0 Å². The van der Waals surface area contributed by atoms with E-state index in [1.54, 1.807) is 0 Å². The smallest absolute Gasteiger partial charge is 0.191 e. The molecule has 4 nitrogen and oxygen atoms in total. The highest BCUT2D eigenvalue weighted by molar-refractivity contribution is 7.99. The van der Waals surface area contributed by atoms with Gasteiger partial charge in [0, 0.05) is 23.3 Å². The van der Waals surface area contributed by atoms with Crippen LogP contribution in [-0.2, 0) is 0 Å². The van der Waals surface area contributed by atoms with Crippen LogP contribution in [0.3, 0.4) is 0 Å². The van der Waals surface area contributed by atoms with Crippen molar-refractivity contribution in [1.82, 2.24) is 20.1 Å². The molecule has 3 saturated carbocycles. The Hall–Kier alpha value is -0.550. The Morgan fingerprint density at radius 1 is 1.15 bits per heavy atom. The van der Waals surface area contributed by atoms with E-state index in [4.69, 9.17) is 0 Å². The zero-order valence-electron chi connectivity index (χ0n) is 12.2. The molecular formula is C15H24N4S. The van der Waals surface area contributed by atoms with Gasteiger partial charge in [0.25, 0.3) is 0 Å². The van der Waals surface area contributed by atoms with Gasteiger partial charge in [0.1, 0.15) is 5.82 Å². The molecule has 3 fully saturated rings. The van der Waals surface area contributed by atoms with Crippen molar-refractivity contribution in [3.05, 3.63) is 5.82 Å². The summed E-state index contributed by atoms with van der Waals surface area (Å²) in [5.41, 5.74) is 0. The Morgan fingerprint density at radius 2 is 2.00 bits per heavy atom. The Balaban J connectivity index is 1.53. The second-order valence-corrected chi connectivity index (χ2v) is 7.67. The summed E-state index contributed by atoms with van der Waals surface area (Å²) in [5, 5.41) is 14.6. The number of nitrogens with zero attached hydrogens (tertiary/aromatic N) is 3. The van der Waals surface area contributed by atoms with E-state index in [2.05, 4.69) is 27.0 Å². The molecule has 0 saturated heterocycles. The predicted octanol–water partition coefficient (Wildman–Crippen LogP) is 3.11. The Labute approximate surface area is 125 Å². The number of hydrogen-bond acceptors (Lipinski definition) is 4. The van der Waals surface area contributed by atoms with Gasteiger partial charge in [-0.25, -0.2) is 0 Å². The minimum Gasteiger partial charge on any atom is -0.313 e. The molecule has 20 heavy (non-hydrogen) atoms. The Bertz CT molecular complexity index is 478. The minimum atomic E-state index is 0.665. The van der Waals surface area contributed by atoms with Crippen molar-refractivity contribution >= 4 is 11.8 Å². The topological polar surface area (TPSA) is 42.7 Å². The molecule has 0 radical (unpaired) electrons. The predicted molar refractivity (Wildman–Crippen MR) is 81.2 cm³/mol. The van der Waals surface area contributed by atoms with Crippen LogP contribution < -0.4 is 5.32 Å². The summed E-state index contributed by atoms with van der Waals surface area (Å²) in [6.07, 6.45) is 9.27. The lowest BCUT2D eigenvalue weighted by atomic mass is 10.2. The summed E-state index contributed by atoms with van der Waals surface area (Å²) in [6, 6.07) is 1.38. The largest absolute Gasteiger partial charge is 0.313 e. The maximum atomic E-state index is 4.54. The van der Waals surface area contributed by atoms with Crippen molar-refractivity contribution in [2.45, 2.75) is 80.3 Å². The fraction of sp³-hybridized carbons (Fsp3) is 0.867. The van der Waals surface area contributed by atoms with E-state index < -0.39 is 0 Å². The van der Waals surface area contributed by atoms with Gasteiger partial charge in [0.2, 0.25) is 0 Å². The van der Waals surface area contributed by atoms with E-state index in [9.17, 15) is 0 Å². The number of thioether (sulfide) groups is 1. The molecule has 110 valence electrons. The van der Waals surface area contributed by atoms with Gasteiger partial charge in [0.15, 0.2) is 5.16 Å². The summed E-state index contributed by atoms with van der Waals surface area (Å²) in [7, 11) is 0. The Kier molecular flexibility index (Phi) is 3.50. The molecule has 0 bridgehead atoms. The number of aromatic nitrogens is 3. The van der Waals surface area contributed by atoms with Crippen molar-refractivity contribution in [3.63, 3.8) is 0 Å². The van der Waals surface area contributed by atoms with Crippen LogP contribution in [0.4, 0.5) is 0 Å². The van der Waals surface area contributed by atoms with Crippen molar-refractivity contribution in [2.24, 2.45) is 0 Å². The first-order valence-corrected chi connectivity index (χ1v) is 9.09. The molecule has 0 amide bonds. The van der Waals surface area contributed by atoms with Crippen molar-refractivity contribution in [3.8, 4) is 0 Å². The lowest BCUT2D eigenvalue weighted by Gasteiger charge is -2.19. The van der Waals surface area contributed by atoms with E-state index in [0.29, 0.717) is 23.3 Å². The molecule has 0 aliphatic heterocycles. The molecule has 0 aromatic carbocycles.